The quantitative estimate of drug-likeness (QED) is 0.852. The Morgan fingerprint density at radius 2 is 1.58 bits per heavy atom. The molecular formula is C15H13ClO3. The monoisotopic (exact) mass is 276 g/mol. The van der Waals surface area contributed by atoms with Gasteiger partial charge in [0.15, 0.2) is 0 Å². The Bertz CT molecular complexity index is 498. The summed E-state index contributed by atoms with van der Waals surface area (Å²) < 4.78 is 5.43. The number of ether oxygens (including phenoxy) is 1. The summed E-state index contributed by atoms with van der Waals surface area (Å²) in [6.45, 7) is 0. The van der Waals surface area contributed by atoms with Crippen LogP contribution in [0.5, 0.6) is 5.75 Å². The van der Waals surface area contributed by atoms with Gasteiger partial charge in [0.05, 0.1) is 0 Å². The van der Waals surface area contributed by atoms with Gasteiger partial charge in [-0.15, -0.1) is 0 Å². The van der Waals surface area contributed by atoms with Crippen LogP contribution in [-0.4, -0.2) is 16.1 Å². The third-order valence-corrected chi connectivity index (χ3v) is 2.99. The first-order valence-corrected chi connectivity index (χ1v) is 6.18. The summed E-state index contributed by atoms with van der Waals surface area (Å²) in [4.78, 5) is 11.4. The number of carboxylic acids is 1. The molecule has 1 N–H and O–H groups in total. The fourth-order valence-corrected chi connectivity index (χ4v) is 1.93. The van der Waals surface area contributed by atoms with E-state index in [1.165, 1.54) is 0 Å². The zero-order valence-corrected chi connectivity index (χ0v) is 10.9. The molecule has 0 aromatic heterocycles. The maximum absolute atomic E-state index is 11.4. The smallest absolute Gasteiger partial charge is 0.364 e. The summed E-state index contributed by atoms with van der Waals surface area (Å²) in [5.74, 6) is -0.780. The number of alkyl halides is 1. The number of benzene rings is 2. The molecule has 0 amide bonds. The summed E-state index contributed by atoms with van der Waals surface area (Å²) >= 11 is 6.12. The van der Waals surface area contributed by atoms with Crippen molar-refractivity contribution in [1.29, 1.82) is 0 Å². The van der Waals surface area contributed by atoms with Crippen LogP contribution >= 0.6 is 11.6 Å². The molecule has 2 aromatic rings. The highest BCUT2D eigenvalue weighted by Gasteiger charge is 2.39. The van der Waals surface area contributed by atoms with Gasteiger partial charge < -0.3 is 9.84 Å². The highest BCUT2D eigenvalue weighted by molar-refractivity contribution is 6.32. The van der Waals surface area contributed by atoms with Crippen molar-refractivity contribution in [2.75, 3.05) is 0 Å². The molecule has 98 valence electrons. The molecule has 0 bridgehead atoms. The number of halogens is 1. The van der Waals surface area contributed by atoms with Crippen LogP contribution in [0.4, 0.5) is 0 Å². The first-order chi connectivity index (χ1) is 9.10. The van der Waals surface area contributed by atoms with Crippen molar-refractivity contribution in [3.8, 4) is 5.75 Å². The largest absolute Gasteiger partial charge is 0.477 e. The van der Waals surface area contributed by atoms with Crippen molar-refractivity contribution in [1.82, 2.24) is 0 Å². The molecule has 0 aliphatic rings. The highest BCUT2D eigenvalue weighted by atomic mass is 35.5. The molecule has 0 saturated heterocycles. The van der Waals surface area contributed by atoms with Gasteiger partial charge in [0.2, 0.25) is 0 Å². The van der Waals surface area contributed by atoms with Crippen LogP contribution in [0.3, 0.4) is 0 Å². The Morgan fingerprint density at radius 3 is 2.11 bits per heavy atom. The second-order valence-corrected chi connectivity index (χ2v) is 4.72. The minimum atomic E-state index is -1.80. The number of carboxylic acid groups (broad SMARTS) is 1. The molecule has 0 aliphatic heterocycles. The van der Waals surface area contributed by atoms with Crippen LogP contribution in [0.1, 0.15) is 5.56 Å². The summed E-state index contributed by atoms with van der Waals surface area (Å²) in [6.07, 6.45) is 0.0830. The van der Waals surface area contributed by atoms with Gasteiger partial charge in [0.1, 0.15) is 5.75 Å². The average Bonchev–Trinajstić information content (AvgIpc) is 2.40. The molecule has 0 fully saturated rings. The summed E-state index contributed by atoms with van der Waals surface area (Å²) in [5, 5.41) is 7.50. The Balaban J connectivity index is 2.21. The van der Waals surface area contributed by atoms with Gasteiger partial charge in [-0.25, -0.2) is 4.79 Å². The molecule has 2 aromatic carbocycles. The Hall–Kier alpha value is -2.00. The van der Waals surface area contributed by atoms with Gasteiger partial charge >= 0.3 is 5.97 Å². The fourth-order valence-electron chi connectivity index (χ4n) is 1.69. The zero-order chi connectivity index (χ0) is 13.7. The molecule has 4 heteroatoms. The highest BCUT2D eigenvalue weighted by Crippen LogP contribution is 2.26. The maximum Gasteiger partial charge on any atom is 0.364 e. The standard InChI is InChI=1S/C15H13ClO3/c16-15(14(17)18,11-12-7-3-1-4-8-12)19-13-9-5-2-6-10-13/h1-10H,11H2,(H,17,18). The number of hydrogen-bond donors (Lipinski definition) is 1. The van der Waals surface area contributed by atoms with Crippen LogP contribution in [0.25, 0.3) is 0 Å². The van der Waals surface area contributed by atoms with Crippen LogP contribution in [0, 0.1) is 0 Å². The van der Waals surface area contributed by atoms with Gasteiger partial charge in [0.25, 0.3) is 5.06 Å². The minimum Gasteiger partial charge on any atom is -0.477 e. The number of rotatable bonds is 5. The predicted molar refractivity (Wildman–Crippen MR) is 73.4 cm³/mol. The van der Waals surface area contributed by atoms with Crippen LogP contribution in [-0.2, 0) is 11.2 Å². The van der Waals surface area contributed by atoms with E-state index in [1.807, 2.05) is 36.4 Å². The van der Waals surface area contributed by atoms with Crippen molar-refractivity contribution in [2.24, 2.45) is 0 Å². The van der Waals surface area contributed by atoms with E-state index in [0.717, 1.165) is 5.56 Å². The lowest BCUT2D eigenvalue weighted by Crippen LogP contribution is -2.41. The molecule has 0 spiro atoms. The first-order valence-electron chi connectivity index (χ1n) is 5.80. The van der Waals surface area contributed by atoms with E-state index in [0.29, 0.717) is 5.75 Å². The first kappa shape index (κ1) is 13.4. The lowest BCUT2D eigenvalue weighted by Gasteiger charge is -2.24. The van der Waals surface area contributed by atoms with E-state index in [4.69, 9.17) is 16.3 Å². The normalized spacial score (nSPS) is 13.5. The fraction of sp³-hybridized carbons (Fsp3) is 0.133. The van der Waals surface area contributed by atoms with E-state index in [-0.39, 0.29) is 6.42 Å². The second kappa shape index (κ2) is 5.76. The second-order valence-electron chi connectivity index (χ2n) is 4.11. The molecule has 19 heavy (non-hydrogen) atoms. The van der Waals surface area contributed by atoms with Gasteiger partial charge in [-0.05, 0) is 17.7 Å². The SMILES string of the molecule is O=C(O)C(Cl)(Cc1ccccc1)Oc1ccccc1. The molecule has 0 saturated carbocycles. The van der Waals surface area contributed by atoms with Crippen molar-refractivity contribution in [3.63, 3.8) is 0 Å². The van der Waals surface area contributed by atoms with Gasteiger partial charge in [-0.3, -0.25) is 0 Å². The van der Waals surface area contributed by atoms with Crippen molar-refractivity contribution < 1.29 is 14.6 Å². The Kier molecular flexibility index (Phi) is 4.07. The van der Waals surface area contributed by atoms with Crippen molar-refractivity contribution in [2.45, 2.75) is 11.5 Å². The molecule has 2 rings (SSSR count). The maximum atomic E-state index is 11.4. The lowest BCUT2D eigenvalue weighted by atomic mass is 10.1. The Labute approximate surface area is 116 Å². The van der Waals surface area contributed by atoms with Gasteiger partial charge in [0, 0.05) is 6.42 Å². The van der Waals surface area contributed by atoms with Crippen LogP contribution < -0.4 is 4.74 Å². The van der Waals surface area contributed by atoms with Gasteiger partial charge in [-0.2, -0.15) is 0 Å². The number of carbonyl (C=O) groups is 1. The molecule has 1 unspecified atom stereocenters. The van der Waals surface area contributed by atoms with Crippen LogP contribution in [0.2, 0.25) is 0 Å². The molecule has 3 nitrogen and oxygen atoms in total. The molecular weight excluding hydrogens is 264 g/mol. The van der Waals surface area contributed by atoms with Crippen molar-refractivity contribution >= 4 is 17.6 Å². The lowest BCUT2D eigenvalue weighted by molar-refractivity contribution is -0.148. The van der Waals surface area contributed by atoms with E-state index < -0.39 is 11.0 Å². The average molecular weight is 277 g/mol. The molecule has 0 heterocycles. The van der Waals surface area contributed by atoms with Gasteiger partial charge in [-0.1, -0.05) is 60.1 Å². The molecule has 0 radical (unpaired) electrons. The summed E-state index contributed by atoms with van der Waals surface area (Å²) in [5.41, 5.74) is 0.802. The predicted octanol–water partition coefficient (Wildman–Crippen LogP) is 3.33. The number of para-hydroxylation sites is 1. The van der Waals surface area contributed by atoms with E-state index in [2.05, 4.69) is 0 Å². The van der Waals surface area contributed by atoms with Crippen LogP contribution in [0.15, 0.2) is 60.7 Å². The minimum absolute atomic E-state index is 0.0830. The third kappa shape index (κ3) is 3.48. The third-order valence-electron chi connectivity index (χ3n) is 2.62. The summed E-state index contributed by atoms with van der Waals surface area (Å²) in [7, 11) is 0. The molecule has 0 aliphatic carbocycles. The number of hydrogen-bond acceptors (Lipinski definition) is 2. The van der Waals surface area contributed by atoms with E-state index in [9.17, 15) is 9.90 Å². The molecule has 1 atom stereocenters. The summed E-state index contributed by atoms with van der Waals surface area (Å²) in [6, 6.07) is 17.8. The number of aliphatic carboxylic acids is 1. The zero-order valence-electron chi connectivity index (χ0n) is 10.1. The van der Waals surface area contributed by atoms with E-state index in [1.54, 1.807) is 24.3 Å². The van der Waals surface area contributed by atoms with E-state index >= 15 is 0 Å². The topological polar surface area (TPSA) is 46.5 Å². The van der Waals surface area contributed by atoms with Crippen molar-refractivity contribution in [3.05, 3.63) is 66.2 Å². The Morgan fingerprint density at radius 1 is 1.05 bits per heavy atom.